The van der Waals surface area contributed by atoms with Crippen molar-refractivity contribution in [1.82, 2.24) is 4.90 Å². The van der Waals surface area contributed by atoms with E-state index in [1.165, 1.54) is 0 Å². The van der Waals surface area contributed by atoms with E-state index >= 15 is 0 Å². The smallest absolute Gasteiger partial charge is 0.0589 e. The van der Waals surface area contributed by atoms with Crippen LogP contribution in [-0.4, -0.2) is 58.0 Å². The van der Waals surface area contributed by atoms with Gasteiger partial charge in [-0.3, -0.25) is 0 Å². The largest absolute Gasteiger partial charge is 0.383 e. The van der Waals surface area contributed by atoms with Crippen molar-refractivity contribution in [2.24, 2.45) is 11.1 Å². The van der Waals surface area contributed by atoms with Crippen LogP contribution in [0, 0.1) is 5.41 Å². The van der Waals surface area contributed by atoms with E-state index in [1.54, 1.807) is 7.11 Å². The third-order valence-electron chi connectivity index (χ3n) is 3.24. The number of hydrogen-bond acceptors (Lipinski definition) is 4. The zero-order valence-electron chi connectivity index (χ0n) is 10.00. The molecule has 1 rings (SSSR count). The lowest BCUT2D eigenvalue weighted by Gasteiger charge is -2.32. The molecule has 1 aliphatic rings. The molecule has 4 heteroatoms. The van der Waals surface area contributed by atoms with Gasteiger partial charge in [0.25, 0.3) is 0 Å². The summed E-state index contributed by atoms with van der Waals surface area (Å²) in [6, 6.07) is 0. The first kappa shape index (κ1) is 12.9. The van der Waals surface area contributed by atoms with Gasteiger partial charge in [0.1, 0.15) is 0 Å². The van der Waals surface area contributed by atoms with Gasteiger partial charge in [-0.15, -0.1) is 0 Å². The van der Waals surface area contributed by atoms with Crippen molar-refractivity contribution in [3.63, 3.8) is 0 Å². The van der Waals surface area contributed by atoms with Crippen LogP contribution in [0.2, 0.25) is 0 Å². The quantitative estimate of drug-likeness (QED) is 0.666. The van der Waals surface area contributed by atoms with Crippen molar-refractivity contribution in [3.8, 4) is 0 Å². The highest BCUT2D eigenvalue weighted by Crippen LogP contribution is 2.28. The fraction of sp³-hybridized carbons (Fsp3) is 1.00. The number of nitrogens with two attached hydrogens (primary N) is 1. The molecule has 0 spiro atoms. The van der Waals surface area contributed by atoms with Crippen LogP contribution in [0.1, 0.15) is 13.3 Å². The second-order valence-electron chi connectivity index (χ2n) is 4.37. The van der Waals surface area contributed by atoms with Crippen molar-refractivity contribution >= 4 is 0 Å². The standard InChI is InChI=1S/C11H24N2O2/c1-3-13(5-7-14-2)9-11(8-12)4-6-15-10-11/h3-10,12H2,1-2H3. The van der Waals surface area contributed by atoms with Crippen LogP contribution in [0.3, 0.4) is 0 Å². The average molecular weight is 216 g/mol. The third-order valence-corrected chi connectivity index (χ3v) is 3.24. The van der Waals surface area contributed by atoms with E-state index in [4.69, 9.17) is 15.2 Å². The summed E-state index contributed by atoms with van der Waals surface area (Å²) in [6.45, 7) is 8.41. The normalized spacial score (nSPS) is 26.4. The van der Waals surface area contributed by atoms with E-state index in [-0.39, 0.29) is 5.41 Å². The fourth-order valence-electron chi connectivity index (χ4n) is 2.04. The van der Waals surface area contributed by atoms with Crippen LogP contribution in [0.5, 0.6) is 0 Å². The Hall–Kier alpha value is -0.160. The van der Waals surface area contributed by atoms with Crippen molar-refractivity contribution in [2.45, 2.75) is 13.3 Å². The number of nitrogens with zero attached hydrogens (tertiary/aromatic N) is 1. The summed E-state index contributed by atoms with van der Waals surface area (Å²) in [4.78, 5) is 2.39. The molecule has 1 fully saturated rings. The molecule has 1 heterocycles. The molecule has 2 N–H and O–H groups in total. The lowest BCUT2D eigenvalue weighted by molar-refractivity contribution is 0.0947. The van der Waals surface area contributed by atoms with Crippen molar-refractivity contribution in [1.29, 1.82) is 0 Å². The van der Waals surface area contributed by atoms with E-state index in [0.29, 0.717) is 0 Å². The van der Waals surface area contributed by atoms with Crippen LogP contribution in [0.15, 0.2) is 0 Å². The van der Waals surface area contributed by atoms with Gasteiger partial charge < -0.3 is 20.1 Å². The SMILES string of the molecule is CCN(CCOC)CC1(CN)CCOC1. The van der Waals surface area contributed by atoms with Gasteiger partial charge in [-0.2, -0.15) is 0 Å². The van der Waals surface area contributed by atoms with Crippen LogP contribution in [-0.2, 0) is 9.47 Å². The number of rotatable bonds is 7. The Morgan fingerprint density at radius 1 is 1.53 bits per heavy atom. The second-order valence-corrected chi connectivity index (χ2v) is 4.37. The Kier molecular flexibility index (Phi) is 5.53. The summed E-state index contributed by atoms with van der Waals surface area (Å²) in [5.74, 6) is 0. The number of likely N-dealkylation sites (N-methyl/N-ethyl adjacent to an activating group) is 1. The summed E-state index contributed by atoms with van der Waals surface area (Å²) in [7, 11) is 1.74. The van der Waals surface area contributed by atoms with Crippen LogP contribution < -0.4 is 5.73 Å². The topological polar surface area (TPSA) is 47.7 Å². The monoisotopic (exact) mass is 216 g/mol. The van der Waals surface area contributed by atoms with Crippen LogP contribution in [0.4, 0.5) is 0 Å². The molecule has 1 aliphatic heterocycles. The number of ether oxygens (including phenoxy) is 2. The molecule has 4 nitrogen and oxygen atoms in total. The van der Waals surface area contributed by atoms with E-state index in [1.807, 2.05) is 0 Å². The van der Waals surface area contributed by atoms with Crippen molar-refractivity contribution in [3.05, 3.63) is 0 Å². The minimum Gasteiger partial charge on any atom is -0.383 e. The zero-order chi connectivity index (χ0) is 11.1. The highest BCUT2D eigenvalue weighted by Gasteiger charge is 2.34. The lowest BCUT2D eigenvalue weighted by Crippen LogP contribution is -2.44. The summed E-state index contributed by atoms with van der Waals surface area (Å²) < 4.78 is 10.6. The molecule has 1 unspecified atom stereocenters. The molecule has 90 valence electrons. The highest BCUT2D eigenvalue weighted by molar-refractivity contribution is 4.87. The fourth-order valence-corrected chi connectivity index (χ4v) is 2.04. The molecule has 0 aromatic carbocycles. The maximum absolute atomic E-state index is 5.86. The average Bonchev–Trinajstić information content (AvgIpc) is 2.73. The number of hydrogen-bond donors (Lipinski definition) is 1. The van der Waals surface area contributed by atoms with Gasteiger partial charge in [0, 0.05) is 38.8 Å². The molecule has 0 aromatic heterocycles. The maximum atomic E-state index is 5.86. The van der Waals surface area contributed by atoms with E-state index in [9.17, 15) is 0 Å². The molecular weight excluding hydrogens is 192 g/mol. The second kappa shape index (κ2) is 6.43. The predicted molar refractivity (Wildman–Crippen MR) is 60.9 cm³/mol. The summed E-state index contributed by atoms with van der Waals surface area (Å²) >= 11 is 0. The molecule has 1 atom stereocenters. The molecule has 0 aromatic rings. The first-order valence-corrected chi connectivity index (χ1v) is 5.75. The van der Waals surface area contributed by atoms with Crippen molar-refractivity contribution < 1.29 is 9.47 Å². The summed E-state index contributed by atoms with van der Waals surface area (Å²) in [6.07, 6.45) is 1.09. The van der Waals surface area contributed by atoms with Gasteiger partial charge in [0.15, 0.2) is 0 Å². The minimum absolute atomic E-state index is 0.184. The minimum atomic E-state index is 0.184. The maximum Gasteiger partial charge on any atom is 0.0589 e. The highest BCUT2D eigenvalue weighted by atomic mass is 16.5. The third kappa shape index (κ3) is 3.72. The molecule has 0 amide bonds. The summed E-state index contributed by atoms with van der Waals surface area (Å²) in [5, 5.41) is 0. The molecule has 1 saturated heterocycles. The molecule has 0 aliphatic carbocycles. The van der Waals surface area contributed by atoms with Gasteiger partial charge in [-0.25, -0.2) is 0 Å². The summed E-state index contributed by atoms with van der Waals surface area (Å²) in [5.41, 5.74) is 6.05. The molecule has 0 radical (unpaired) electrons. The van der Waals surface area contributed by atoms with Gasteiger partial charge in [0.2, 0.25) is 0 Å². The Balaban J connectivity index is 2.40. The Labute approximate surface area is 92.7 Å². The van der Waals surface area contributed by atoms with E-state index in [0.717, 1.165) is 52.4 Å². The van der Waals surface area contributed by atoms with Crippen molar-refractivity contribution in [2.75, 3.05) is 53.1 Å². The van der Waals surface area contributed by atoms with Gasteiger partial charge in [-0.05, 0) is 13.0 Å². The molecule has 0 saturated carbocycles. The lowest BCUT2D eigenvalue weighted by atomic mass is 9.87. The Bertz CT molecular complexity index is 170. The predicted octanol–water partition coefficient (Wildman–Crippen LogP) is 0.320. The first-order chi connectivity index (χ1) is 7.26. The Morgan fingerprint density at radius 2 is 2.33 bits per heavy atom. The molecule has 0 bridgehead atoms. The zero-order valence-corrected chi connectivity index (χ0v) is 10.00. The van der Waals surface area contributed by atoms with Gasteiger partial charge in [-0.1, -0.05) is 6.92 Å². The first-order valence-electron chi connectivity index (χ1n) is 5.75. The number of methoxy groups -OCH3 is 1. The van der Waals surface area contributed by atoms with Gasteiger partial charge in [0.05, 0.1) is 13.2 Å². The van der Waals surface area contributed by atoms with Crippen LogP contribution in [0.25, 0.3) is 0 Å². The molecule has 15 heavy (non-hydrogen) atoms. The molecular formula is C11H24N2O2. The Morgan fingerprint density at radius 3 is 2.80 bits per heavy atom. The van der Waals surface area contributed by atoms with E-state index < -0.39 is 0 Å². The van der Waals surface area contributed by atoms with E-state index in [2.05, 4.69) is 11.8 Å². The van der Waals surface area contributed by atoms with Gasteiger partial charge >= 0.3 is 0 Å². The van der Waals surface area contributed by atoms with Crippen LogP contribution >= 0.6 is 0 Å².